The zero-order valence-corrected chi connectivity index (χ0v) is 22.3. The molecule has 3 heterocycles. The number of nitrogens with two attached hydrogens (primary N) is 1. The van der Waals surface area contributed by atoms with E-state index in [1.165, 1.54) is 29.5 Å². The number of nitrogens with one attached hydrogen (secondary N) is 2. The number of halogens is 2. The van der Waals surface area contributed by atoms with E-state index in [0.29, 0.717) is 21.8 Å². The van der Waals surface area contributed by atoms with Gasteiger partial charge in [-0.3, -0.25) is 0 Å². The summed E-state index contributed by atoms with van der Waals surface area (Å²) in [4.78, 5) is 17.8. The predicted octanol–water partition coefficient (Wildman–Crippen LogP) is 3.22. The molecule has 0 saturated heterocycles. The van der Waals surface area contributed by atoms with Crippen LogP contribution in [0.4, 0.5) is 26.4 Å². The van der Waals surface area contributed by atoms with Crippen LogP contribution < -0.4 is 16.4 Å². The van der Waals surface area contributed by atoms with Crippen LogP contribution in [-0.4, -0.2) is 59.1 Å². The molecule has 1 fully saturated rings. The van der Waals surface area contributed by atoms with E-state index in [4.69, 9.17) is 5.73 Å². The van der Waals surface area contributed by atoms with E-state index in [2.05, 4.69) is 30.6 Å². The smallest absolute Gasteiger partial charge is 0.225 e. The van der Waals surface area contributed by atoms with Crippen molar-refractivity contribution in [3.63, 3.8) is 0 Å². The predicted molar refractivity (Wildman–Crippen MR) is 145 cm³/mol. The maximum Gasteiger partial charge on any atom is 0.225 e. The summed E-state index contributed by atoms with van der Waals surface area (Å²) in [7, 11) is 0. The summed E-state index contributed by atoms with van der Waals surface area (Å²) in [5, 5.41) is 38.6. The molecule has 0 amide bonds. The molecule has 1 aliphatic rings. The fraction of sp³-hybridized carbons (Fsp3) is 0.385. The Morgan fingerprint density at radius 3 is 2.46 bits per heavy atom. The topological polar surface area (TPSA) is 162 Å². The van der Waals surface area contributed by atoms with Gasteiger partial charge in [0, 0.05) is 24.2 Å². The Kier molecular flexibility index (Phi) is 7.10. The fourth-order valence-electron chi connectivity index (χ4n) is 4.92. The average molecular weight is 558 g/mol. The Hall–Kier alpha value is -3.52. The van der Waals surface area contributed by atoms with Crippen molar-refractivity contribution in [3.8, 4) is 10.6 Å². The molecular weight excluding hydrogens is 528 g/mol. The van der Waals surface area contributed by atoms with Crippen molar-refractivity contribution in [3.05, 3.63) is 53.4 Å². The molecule has 1 unspecified atom stereocenters. The molecule has 7 N–H and O–H groups in total. The number of nitrogens with zero attached hydrogens (tertiary/aromatic N) is 4. The van der Waals surface area contributed by atoms with Gasteiger partial charge in [0.15, 0.2) is 5.82 Å². The van der Waals surface area contributed by atoms with E-state index < -0.39 is 41.4 Å². The summed E-state index contributed by atoms with van der Waals surface area (Å²) in [6.07, 6.45) is -0.509. The normalized spacial score (nSPS) is 21.4. The minimum atomic E-state index is -1.23. The number of rotatable bonds is 7. The lowest BCUT2D eigenvalue weighted by molar-refractivity contribution is -0.0601. The standard InChI is InChI=1S/C26H29F2N7O3S/c1-11-18(24-34-19-17(39-24)7-8-30-22(19)29)23(33-16-9-13(26(2,3)38)20(36)21(16)37)35-25(32-11)31-10-12-14(27)5-4-6-15(12)28/h4-8,13,16,20-21,36-38H,9-10H2,1-3H3,(H2,29,30)(H2,31,32,33,35)/t13-,16+,20?,21+/m0/s1. The second kappa shape index (κ2) is 10.2. The van der Waals surface area contributed by atoms with Crippen LogP contribution in [0.1, 0.15) is 31.5 Å². The molecule has 1 saturated carbocycles. The van der Waals surface area contributed by atoms with Crippen LogP contribution in [0, 0.1) is 24.5 Å². The molecule has 0 bridgehead atoms. The lowest BCUT2D eigenvalue weighted by Gasteiger charge is -2.28. The Labute approximate surface area is 227 Å². The molecule has 39 heavy (non-hydrogen) atoms. The maximum atomic E-state index is 14.2. The number of thiazole rings is 1. The van der Waals surface area contributed by atoms with Gasteiger partial charge in [-0.25, -0.2) is 23.7 Å². The lowest BCUT2D eigenvalue weighted by atomic mass is 9.88. The van der Waals surface area contributed by atoms with E-state index in [-0.39, 0.29) is 36.1 Å². The Bertz CT molecular complexity index is 1510. The van der Waals surface area contributed by atoms with Crippen molar-refractivity contribution in [2.45, 2.75) is 57.6 Å². The minimum Gasteiger partial charge on any atom is -0.390 e. The number of anilines is 3. The lowest BCUT2D eigenvalue weighted by Crippen LogP contribution is -2.40. The van der Waals surface area contributed by atoms with E-state index in [9.17, 15) is 24.1 Å². The quantitative estimate of drug-likeness (QED) is 0.199. The number of aliphatic hydroxyl groups is 3. The third-order valence-electron chi connectivity index (χ3n) is 7.04. The van der Waals surface area contributed by atoms with Gasteiger partial charge in [0.2, 0.25) is 5.95 Å². The zero-order valence-electron chi connectivity index (χ0n) is 21.5. The molecule has 13 heteroatoms. The van der Waals surface area contributed by atoms with Gasteiger partial charge in [-0.15, -0.1) is 11.3 Å². The highest BCUT2D eigenvalue weighted by Gasteiger charge is 2.48. The molecule has 4 atom stereocenters. The highest BCUT2D eigenvalue weighted by molar-refractivity contribution is 7.21. The number of aryl methyl sites for hydroxylation is 1. The number of nitrogen functional groups attached to an aromatic ring is 1. The van der Waals surface area contributed by atoms with E-state index in [0.717, 1.165) is 4.70 Å². The fourth-order valence-corrected chi connectivity index (χ4v) is 5.98. The van der Waals surface area contributed by atoms with Crippen LogP contribution in [0.15, 0.2) is 30.5 Å². The molecule has 206 valence electrons. The van der Waals surface area contributed by atoms with Gasteiger partial charge in [0.1, 0.15) is 34.1 Å². The zero-order chi connectivity index (χ0) is 28.1. The van der Waals surface area contributed by atoms with Crippen molar-refractivity contribution >= 4 is 39.1 Å². The van der Waals surface area contributed by atoms with Gasteiger partial charge >= 0.3 is 0 Å². The van der Waals surface area contributed by atoms with Crippen molar-refractivity contribution in [1.82, 2.24) is 19.9 Å². The van der Waals surface area contributed by atoms with Crippen molar-refractivity contribution < 1.29 is 24.1 Å². The molecule has 1 aliphatic carbocycles. The van der Waals surface area contributed by atoms with E-state index >= 15 is 0 Å². The summed E-state index contributed by atoms with van der Waals surface area (Å²) >= 11 is 1.35. The van der Waals surface area contributed by atoms with Gasteiger partial charge in [-0.05, 0) is 45.4 Å². The summed E-state index contributed by atoms with van der Waals surface area (Å²) < 4.78 is 29.2. The molecule has 4 aromatic rings. The van der Waals surface area contributed by atoms with Crippen LogP contribution in [-0.2, 0) is 6.54 Å². The third-order valence-corrected chi connectivity index (χ3v) is 8.07. The van der Waals surface area contributed by atoms with Gasteiger partial charge in [-0.2, -0.15) is 4.98 Å². The Morgan fingerprint density at radius 1 is 1.10 bits per heavy atom. The maximum absolute atomic E-state index is 14.2. The number of aromatic nitrogens is 4. The van der Waals surface area contributed by atoms with Crippen LogP contribution in [0.25, 0.3) is 20.8 Å². The number of hydrogen-bond acceptors (Lipinski definition) is 11. The molecular formula is C26H29F2N7O3S. The van der Waals surface area contributed by atoms with Crippen LogP contribution in [0.3, 0.4) is 0 Å². The number of pyridine rings is 1. The van der Waals surface area contributed by atoms with Crippen molar-refractivity contribution in [1.29, 1.82) is 0 Å². The first kappa shape index (κ1) is 27.1. The number of hydrogen-bond donors (Lipinski definition) is 6. The largest absolute Gasteiger partial charge is 0.390 e. The van der Waals surface area contributed by atoms with Gasteiger partial charge in [-0.1, -0.05) is 6.07 Å². The Morgan fingerprint density at radius 2 is 1.82 bits per heavy atom. The van der Waals surface area contributed by atoms with Gasteiger partial charge in [0.05, 0.1) is 33.7 Å². The first-order chi connectivity index (χ1) is 18.4. The molecule has 0 radical (unpaired) electrons. The monoisotopic (exact) mass is 557 g/mol. The molecule has 10 nitrogen and oxygen atoms in total. The van der Waals surface area contributed by atoms with E-state index in [1.54, 1.807) is 33.0 Å². The van der Waals surface area contributed by atoms with Gasteiger partial charge in [0.25, 0.3) is 0 Å². The SMILES string of the molecule is Cc1nc(NCc2c(F)cccc2F)nc(N[C@@H]2C[C@H](C(C)(C)O)C(O)[C@@H]2O)c1-c1nc2c(N)nccc2s1. The van der Waals surface area contributed by atoms with Crippen LogP contribution in [0.5, 0.6) is 0 Å². The summed E-state index contributed by atoms with van der Waals surface area (Å²) in [6, 6.07) is 4.75. The number of fused-ring (bicyclic) bond motifs is 1. The molecule has 5 rings (SSSR count). The molecule has 0 spiro atoms. The molecule has 0 aliphatic heterocycles. The highest BCUT2D eigenvalue weighted by Crippen LogP contribution is 2.40. The van der Waals surface area contributed by atoms with Crippen molar-refractivity contribution in [2.24, 2.45) is 5.92 Å². The second-order valence-corrected chi connectivity index (χ2v) is 11.2. The second-order valence-electron chi connectivity index (χ2n) is 10.2. The average Bonchev–Trinajstić information content (AvgIpc) is 3.41. The summed E-state index contributed by atoms with van der Waals surface area (Å²) in [6.45, 7) is 4.70. The van der Waals surface area contributed by atoms with Gasteiger partial charge < -0.3 is 31.7 Å². The first-order valence-electron chi connectivity index (χ1n) is 12.4. The summed E-state index contributed by atoms with van der Waals surface area (Å²) in [5.41, 5.74) is 6.20. The number of benzene rings is 1. The third kappa shape index (κ3) is 5.22. The number of aliphatic hydroxyl groups excluding tert-OH is 2. The van der Waals surface area contributed by atoms with Crippen LogP contribution >= 0.6 is 11.3 Å². The molecule has 3 aromatic heterocycles. The van der Waals surface area contributed by atoms with Crippen molar-refractivity contribution in [2.75, 3.05) is 16.4 Å². The summed E-state index contributed by atoms with van der Waals surface area (Å²) in [5.74, 6) is -1.33. The first-order valence-corrected chi connectivity index (χ1v) is 13.2. The highest BCUT2D eigenvalue weighted by atomic mass is 32.1. The van der Waals surface area contributed by atoms with E-state index in [1.807, 2.05) is 0 Å². The Balaban J connectivity index is 1.54. The van der Waals surface area contributed by atoms with Crippen LogP contribution in [0.2, 0.25) is 0 Å². The minimum absolute atomic E-state index is 0.0933. The molecule has 1 aromatic carbocycles.